The molecule has 33 heavy (non-hydrogen) atoms. The van der Waals surface area contributed by atoms with E-state index in [2.05, 4.69) is 15.5 Å². The lowest BCUT2D eigenvalue weighted by Gasteiger charge is -2.32. The quantitative estimate of drug-likeness (QED) is 0.578. The number of anilines is 1. The standard InChI is InChI=1S/C23H34N4O5S/c1-16-13-19-20(32-17(2)22(28)25-19)14-21(16)33(30,31)27-12-5-7-18(15-27)23(29)24-8-6-11-26-9-3-4-10-26/h13-14,17-18H,3-12,15H2,1-2H3,(H,24,29)(H,25,28). The summed E-state index contributed by atoms with van der Waals surface area (Å²) in [7, 11) is -3.81. The summed E-state index contributed by atoms with van der Waals surface area (Å²) in [5.41, 5.74) is 1.00. The van der Waals surface area contributed by atoms with Crippen molar-refractivity contribution < 1.29 is 22.7 Å². The van der Waals surface area contributed by atoms with Gasteiger partial charge in [-0.25, -0.2) is 8.42 Å². The molecule has 0 aromatic heterocycles. The number of likely N-dealkylation sites (tertiary alicyclic amines) is 1. The van der Waals surface area contributed by atoms with Gasteiger partial charge in [0.15, 0.2) is 6.10 Å². The first-order valence-electron chi connectivity index (χ1n) is 11.9. The van der Waals surface area contributed by atoms with Gasteiger partial charge < -0.3 is 20.3 Å². The summed E-state index contributed by atoms with van der Waals surface area (Å²) in [5, 5.41) is 5.75. The van der Waals surface area contributed by atoms with Crippen molar-refractivity contribution in [2.45, 2.75) is 57.0 Å². The summed E-state index contributed by atoms with van der Waals surface area (Å²) in [6.07, 6.45) is 4.04. The Balaban J connectivity index is 1.39. The molecule has 2 amide bonds. The van der Waals surface area contributed by atoms with Crippen molar-refractivity contribution in [1.29, 1.82) is 0 Å². The molecule has 3 aliphatic rings. The SMILES string of the molecule is Cc1cc2c(cc1S(=O)(=O)N1CCCC(C(=O)NCCCN3CCCC3)C1)OC(C)C(=O)N2. The highest BCUT2D eigenvalue weighted by molar-refractivity contribution is 7.89. The zero-order chi connectivity index (χ0) is 23.6. The first-order chi connectivity index (χ1) is 15.8. The number of ether oxygens (including phenoxy) is 1. The van der Waals surface area contributed by atoms with Crippen molar-refractivity contribution in [3.05, 3.63) is 17.7 Å². The molecule has 9 nitrogen and oxygen atoms in total. The van der Waals surface area contributed by atoms with Crippen molar-refractivity contribution in [1.82, 2.24) is 14.5 Å². The fraction of sp³-hybridized carbons (Fsp3) is 0.652. The molecule has 0 saturated carbocycles. The Labute approximate surface area is 195 Å². The number of nitrogens with one attached hydrogen (secondary N) is 2. The van der Waals surface area contributed by atoms with E-state index in [4.69, 9.17) is 4.74 Å². The van der Waals surface area contributed by atoms with Gasteiger partial charge in [0.05, 0.1) is 16.5 Å². The molecule has 0 aliphatic carbocycles. The number of carbonyl (C=O) groups excluding carboxylic acids is 2. The van der Waals surface area contributed by atoms with Crippen LogP contribution in [0.3, 0.4) is 0 Å². The monoisotopic (exact) mass is 478 g/mol. The average molecular weight is 479 g/mol. The number of hydrogen-bond acceptors (Lipinski definition) is 6. The maximum absolute atomic E-state index is 13.5. The molecule has 0 bridgehead atoms. The molecule has 2 atom stereocenters. The Morgan fingerprint density at radius 2 is 1.97 bits per heavy atom. The van der Waals surface area contributed by atoms with Crippen LogP contribution < -0.4 is 15.4 Å². The van der Waals surface area contributed by atoms with Gasteiger partial charge in [-0.2, -0.15) is 4.31 Å². The van der Waals surface area contributed by atoms with Gasteiger partial charge >= 0.3 is 0 Å². The first-order valence-corrected chi connectivity index (χ1v) is 13.3. The number of nitrogens with zero attached hydrogens (tertiary/aromatic N) is 2. The fourth-order valence-electron chi connectivity index (χ4n) is 4.80. The molecular formula is C23H34N4O5S. The lowest BCUT2D eigenvalue weighted by molar-refractivity contribution is -0.126. The molecule has 0 radical (unpaired) electrons. The zero-order valence-electron chi connectivity index (χ0n) is 19.4. The molecule has 2 unspecified atom stereocenters. The molecule has 3 aliphatic heterocycles. The normalized spacial score (nSPS) is 24.1. The first kappa shape index (κ1) is 24.0. The summed E-state index contributed by atoms with van der Waals surface area (Å²) in [6.45, 7) is 7.76. The lowest BCUT2D eigenvalue weighted by atomic mass is 9.99. The van der Waals surface area contributed by atoms with Crippen molar-refractivity contribution in [2.24, 2.45) is 5.92 Å². The summed E-state index contributed by atoms with van der Waals surface area (Å²) in [5.74, 6) is -0.342. The number of hydrogen-bond donors (Lipinski definition) is 2. The van der Waals surface area contributed by atoms with Crippen LogP contribution in [0.5, 0.6) is 5.75 Å². The van der Waals surface area contributed by atoms with Crippen LogP contribution in [-0.2, 0) is 19.6 Å². The number of carbonyl (C=O) groups is 2. The van der Waals surface area contributed by atoms with E-state index in [0.717, 1.165) is 26.1 Å². The van der Waals surface area contributed by atoms with Gasteiger partial charge in [0.2, 0.25) is 15.9 Å². The minimum atomic E-state index is -3.81. The third-order valence-corrected chi connectivity index (χ3v) is 8.74. The summed E-state index contributed by atoms with van der Waals surface area (Å²) in [4.78, 5) is 27.1. The Hall–Kier alpha value is -2.17. The number of fused-ring (bicyclic) bond motifs is 1. The van der Waals surface area contributed by atoms with E-state index in [1.54, 1.807) is 19.9 Å². The maximum Gasteiger partial charge on any atom is 0.265 e. The van der Waals surface area contributed by atoms with E-state index < -0.39 is 16.1 Å². The predicted molar refractivity (Wildman–Crippen MR) is 125 cm³/mol. The molecule has 2 saturated heterocycles. The van der Waals surface area contributed by atoms with E-state index in [-0.39, 0.29) is 29.2 Å². The highest BCUT2D eigenvalue weighted by Crippen LogP contribution is 2.36. The van der Waals surface area contributed by atoms with Gasteiger partial charge in [-0.3, -0.25) is 9.59 Å². The predicted octanol–water partition coefficient (Wildman–Crippen LogP) is 1.72. The van der Waals surface area contributed by atoms with Crippen molar-refractivity contribution in [3.63, 3.8) is 0 Å². The van der Waals surface area contributed by atoms with Crippen LogP contribution >= 0.6 is 0 Å². The van der Waals surface area contributed by atoms with Crippen LogP contribution in [0.25, 0.3) is 0 Å². The topological polar surface area (TPSA) is 108 Å². The Morgan fingerprint density at radius 1 is 1.21 bits per heavy atom. The van der Waals surface area contributed by atoms with Gasteiger partial charge in [0.25, 0.3) is 5.91 Å². The van der Waals surface area contributed by atoms with E-state index in [0.29, 0.717) is 42.9 Å². The van der Waals surface area contributed by atoms with Gasteiger partial charge in [-0.15, -0.1) is 0 Å². The van der Waals surface area contributed by atoms with Crippen LogP contribution in [0, 0.1) is 12.8 Å². The van der Waals surface area contributed by atoms with Gasteiger partial charge in [0.1, 0.15) is 5.75 Å². The minimum absolute atomic E-state index is 0.0710. The second-order valence-electron chi connectivity index (χ2n) is 9.26. The van der Waals surface area contributed by atoms with Crippen LogP contribution in [-0.4, -0.2) is 74.8 Å². The molecule has 1 aromatic rings. The number of aryl methyl sites for hydroxylation is 1. The van der Waals surface area contributed by atoms with Crippen LogP contribution in [0.4, 0.5) is 5.69 Å². The fourth-order valence-corrected chi connectivity index (χ4v) is 6.55. The van der Waals surface area contributed by atoms with Gasteiger partial charge in [0, 0.05) is 25.7 Å². The molecule has 4 rings (SSSR count). The molecule has 182 valence electrons. The number of amides is 2. The summed E-state index contributed by atoms with van der Waals surface area (Å²) < 4.78 is 33.9. The number of benzene rings is 1. The highest BCUT2D eigenvalue weighted by Gasteiger charge is 2.35. The molecule has 0 spiro atoms. The minimum Gasteiger partial charge on any atom is -0.479 e. The molecular weight excluding hydrogens is 444 g/mol. The second kappa shape index (κ2) is 9.99. The Morgan fingerprint density at radius 3 is 2.73 bits per heavy atom. The number of piperidine rings is 1. The smallest absolute Gasteiger partial charge is 0.265 e. The zero-order valence-corrected chi connectivity index (χ0v) is 20.2. The molecule has 1 aromatic carbocycles. The second-order valence-corrected chi connectivity index (χ2v) is 11.2. The Bertz CT molecular complexity index is 1010. The van der Waals surface area contributed by atoms with E-state index in [1.165, 1.54) is 23.2 Å². The molecule has 2 fully saturated rings. The van der Waals surface area contributed by atoms with E-state index >= 15 is 0 Å². The summed E-state index contributed by atoms with van der Waals surface area (Å²) >= 11 is 0. The largest absolute Gasteiger partial charge is 0.479 e. The van der Waals surface area contributed by atoms with Gasteiger partial charge in [-0.1, -0.05) is 0 Å². The summed E-state index contributed by atoms with van der Waals surface area (Å²) in [6, 6.07) is 3.11. The molecule has 2 N–H and O–H groups in total. The number of sulfonamides is 1. The van der Waals surface area contributed by atoms with Gasteiger partial charge in [-0.05, 0) is 77.2 Å². The van der Waals surface area contributed by atoms with Crippen LogP contribution in [0.1, 0.15) is 44.6 Å². The van der Waals surface area contributed by atoms with Crippen LogP contribution in [0.2, 0.25) is 0 Å². The molecule has 10 heteroatoms. The van der Waals surface area contributed by atoms with Crippen molar-refractivity contribution in [2.75, 3.05) is 44.6 Å². The maximum atomic E-state index is 13.5. The van der Waals surface area contributed by atoms with E-state index in [9.17, 15) is 18.0 Å². The van der Waals surface area contributed by atoms with Crippen LogP contribution in [0.15, 0.2) is 17.0 Å². The third kappa shape index (κ3) is 5.33. The van der Waals surface area contributed by atoms with Crippen molar-refractivity contribution in [3.8, 4) is 5.75 Å². The lowest BCUT2D eigenvalue weighted by Crippen LogP contribution is -2.45. The highest BCUT2D eigenvalue weighted by atomic mass is 32.2. The Kier molecular flexibility index (Phi) is 7.25. The van der Waals surface area contributed by atoms with Crippen molar-refractivity contribution >= 4 is 27.5 Å². The van der Waals surface area contributed by atoms with E-state index in [1.807, 2.05) is 0 Å². The third-order valence-electron chi connectivity index (χ3n) is 6.73. The molecule has 3 heterocycles. The average Bonchev–Trinajstić information content (AvgIpc) is 3.31. The number of rotatable bonds is 7.